The van der Waals surface area contributed by atoms with Gasteiger partial charge >= 0.3 is 0 Å². The summed E-state index contributed by atoms with van der Waals surface area (Å²) in [4.78, 5) is 10.9. The Balaban J connectivity index is 2.41. The maximum absolute atomic E-state index is 11.3. The van der Waals surface area contributed by atoms with Crippen LogP contribution in [0.1, 0.15) is 15.9 Å². The molecule has 1 heterocycles. The minimum absolute atomic E-state index is 0.156. The summed E-state index contributed by atoms with van der Waals surface area (Å²) in [6, 6.07) is 9.31. The molecule has 1 aromatic carbocycles. The summed E-state index contributed by atoms with van der Waals surface area (Å²) < 4.78 is 33.4. The van der Waals surface area contributed by atoms with E-state index in [-0.39, 0.29) is 11.4 Å². The molecule has 104 valence electrons. The van der Waals surface area contributed by atoms with E-state index >= 15 is 0 Å². The van der Waals surface area contributed by atoms with E-state index in [0.717, 1.165) is 0 Å². The van der Waals surface area contributed by atoms with E-state index in [1.807, 2.05) is 0 Å². The Kier molecular flexibility index (Phi) is 3.82. The Morgan fingerprint density at radius 3 is 2.55 bits per heavy atom. The zero-order chi connectivity index (χ0) is 14.8. The Bertz CT molecular complexity index is 756. The van der Waals surface area contributed by atoms with Crippen molar-refractivity contribution in [2.24, 2.45) is 5.73 Å². The molecule has 0 atom stereocenters. The summed E-state index contributed by atoms with van der Waals surface area (Å²) in [5, 5.41) is 0. The molecule has 0 aliphatic rings. The average molecular weight is 293 g/mol. The van der Waals surface area contributed by atoms with Crippen molar-refractivity contribution in [3.63, 3.8) is 0 Å². The van der Waals surface area contributed by atoms with Crippen molar-refractivity contribution in [1.29, 1.82) is 0 Å². The third kappa shape index (κ3) is 3.19. The maximum Gasteiger partial charge on any atom is 0.295 e. The standard InChI is InChI=1S/C13H12N2O4S/c14-13(16)11-5-3-7-15(9-11)8-10-4-1-2-6-12(10)20(17,18)19/h1-7,9H,8H2,(H2-,14,16,17,18,19)/p+1. The SMILES string of the molecule is NC(=O)c1ccc[n+](Cc2ccccc2S(=O)(=O)O)c1. The number of rotatable bonds is 4. The van der Waals surface area contributed by atoms with E-state index in [1.165, 1.54) is 18.3 Å². The molecule has 1 aromatic heterocycles. The zero-order valence-electron chi connectivity index (χ0n) is 10.4. The van der Waals surface area contributed by atoms with Crippen molar-refractivity contribution in [3.05, 3.63) is 59.9 Å². The lowest BCUT2D eigenvalue weighted by Gasteiger charge is -2.04. The molecule has 7 heteroatoms. The number of primary amides is 1. The van der Waals surface area contributed by atoms with Crippen LogP contribution in [0.15, 0.2) is 53.7 Å². The lowest BCUT2D eigenvalue weighted by molar-refractivity contribution is -0.688. The summed E-state index contributed by atoms with van der Waals surface area (Å²) in [6.45, 7) is 0.192. The smallest absolute Gasteiger partial charge is 0.295 e. The van der Waals surface area contributed by atoms with Gasteiger partial charge in [-0.3, -0.25) is 9.35 Å². The number of pyridine rings is 1. The van der Waals surface area contributed by atoms with Crippen LogP contribution in [0.4, 0.5) is 0 Å². The number of hydrogen-bond donors (Lipinski definition) is 2. The molecule has 0 fully saturated rings. The number of benzene rings is 1. The highest BCUT2D eigenvalue weighted by atomic mass is 32.2. The molecule has 0 spiro atoms. The molecule has 0 bridgehead atoms. The molecule has 0 saturated carbocycles. The van der Waals surface area contributed by atoms with Gasteiger partial charge in [-0.05, 0) is 12.1 Å². The van der Waals surface area contributed by atoms with Gasteiger partial charge in [0.05, 0.1) is 0 Å². The molecule has 0 unspecified atom stereocenters. The molecule has 0 radical (unpaired) electrons. The van der Waals surface area contributed by atoms with E-state index in [1.54, 1.807) is 35.0 Å². The lowest BCUT2D eigenvalue weighted by Crippen LogP contribution is -2.35. The largest absolute Gasteiger partial charge is 0.365 e. The summed E-state index contributed by atoms with van der Waals surface area (Å²) >= 11 is 0. The third-order valence-corrected chi connectivity index (χ3v) is 3.70. The second-order valence-corrected chi connectivity index (χ2v) is 5.60. The van der Waals surface area contributed by atoms with Crippen molar-refractivity contribution in [3.8, 4) is 0 Å². The highest BCUT2D eigenvalue weighted by Gasteiger charge is 2.17. The summed E-state index contributed by atoms with van der Waals surface area (Å²) in [7, 11) is -4.28. The van der Waals surface area contributed by atoms with E-state index in [2.05, 4.69) is 0 Å². The lowest BCUT2D eigenvalue weighted by atomic mass is 10.2. The average Bonchev–Trinajstić information content (AvgIpc) is 2.38. The van der Waals surface area contributed by atoms with Crippen molar-refractivity contribution in [2.45, 2.75) is 11.4 Å². The predicted molar refractivity (Wildman–Crippen MR) is 70.5 cm³/mol. The number of amides is 1. The van der Waals surface area contributed by atoms with Gasteiger partial charge in [-0.25, -0.2) is 0 Å². The number of nitrogens with zero attached hydrogens (tertiary/aromatic N) is 1. The predicted octanol–water partition coefficient (Wildman–Crippen LogP) is 0.368. The molecular formula is C13H13N2O4S+. The van der Waals surface area contributed by atoms with Crippen LogP contribution in [0.25, 0.3) is 0 Å². The molecule has 0 aliphatic heterocycles. The first kappa shape index (κ1) is 14.2. The second-order valence-electron chi connectivity index (χ2n) is 4.21. The monoisotopic (exact) mass is 293 g/mol. The maximum atomic E-state index is 11.3. The van der Waals surface area contributed by atoms with Crippen molar-refractivity contribution in [1.82, 2.24) is 0 Å². The third-order valence-electron chi connectivity index (χ3n) is 2.75. The molecule has 1 amide bonds. The van der Waals surface area contributed by atoms with Gasteiger partial charge in [-0.15, -0.1) is 0 Å². The van der Waals surface area contributed by atoms with Crippen molar-refractivity contribution < 1.29 is 22.3 Å². The number of carbonyl (C=O) groups is 1. The van der Waals surface area contributed by atoms with Gasteiger partial charge in [-0.1, -0.05) is 18.2 Å². The normalized spacial score (nSPS) is 11.2. The van der Waals surface area contributed by atoms with Crippen LogP contribution in [-0.2, 0) is 16.7 Å². The fraction of sp³-hybridized carbons (Fsp3) is 0.0769. The van der Waals surface area contributed by atoms with Gasteiger partial charge in [0.15, 0.2) is 18.9 Å². The summed E-state index contributed by atoms with van der Waals surface area (Å²) in [5.74, 6) is -0.567. The van der Waals surface area contributed by atoms with Gasteiger partial charge in [-0.2, -0.15) is 13.0 Å². The first-order chi connectivity index (χ1) is 9.38. The minimum Gasteiger partial charge on any atom is -0.365 e. The van der Waals surface area contributed by atoms with Crippen LogP contribution in [0.3, 0.4) is 0 Å². The van der Waals surface area contributed by atoms with Gasteiger partial charge < -0.3 is 5.73 Å². The second kappa shape index (κ2) is 5.40. The molecule has 0 saturated heterocycles. The fourth-order valence-electron chi connectivity index (χ4n) is 1.85. The molecule has 6 nitrogen and oxygen atoms in total. The van der Waals surface area contributed by atoms with Crippen LogP contribution in [0.5, 0.6) is 0 Å². The number of hydrogen-bond acceptors (Lipinski definition) is 3. The Hall–Kier alpha value is -2.25. The molecular weight excluding hydrogens is 280 g/mol. The summed E-state index contributed by atoms with van der Waals surface area (Å²) in [6.07, 6.45) is 3.19. The van der Waals surface area contributed by atoms with Gasteiger partial charge in [0.25, 0.3) is 16.0 Å². The topological polar surface area (TPSA) is 101 Å². The molecule has 2 aromatic rings. The van der Waals surface area contributed by atoms with Gasteiger partial charge in [0.1, 0.15) is 10.5 Å². The van der Waals surface area contributed by atoms with Crippen molar-refractivity contribution >= 4 is 16.0 Å². The Labute approximate surface area is 116 Å². The number of aromatic nitrogens is 1. The Morgan fingerprint density at radius 1 is 1.20 bits per heavy atom. The van der Waals surface area contributed by atoms with Crippen LogP contribution >= 0.6 is 0 Å². The molecule has 20 heavy (non-hydrogen) atoms. The molecule has 3 N–H and O–H groups in total. The van der Waals surface area contributed by atoms with E-state index in [0.29, 0.717) is 11.1 Å². The highest BCUT2D eigenvalue weighted by molar-refractivity contribution is 7.85. The molecule has 2 rings (SSSR count). The van der Waals surface area contributed by atoms with E-state index in [9.17, 15) is 17.8 Å². The highest BCUT2D eigenvalue weighted by Crippen LogP contribution is 2.14. The summed E-state index contributed by atoms with van der Waals surface area (Å²) in [5.41, 5.74) is 5.92. The minimum atomic E-state index is -4.28. The van der Waals surface area contributed by atoms with Gasteiger partial charge in [0, 0.05) is 11.6 Å². The van der Waals surface area contributed by atoms with Gasteiger partial charge in [0.2, 0.25) is 0 Å². The number of carbonyl (C=O) groups excluding carboxylic acids is 1. The molecule has 0 aliphatic carbocycles. The van der Waals surface area contributed by atoms with E-state index in [4.69, 9.17) is 5.73 Å². The quantitative estimate of drug-likeness (QED) is 0.628. The Morgan fingerprint density at radius 2 is 1.90 bits per heavy atom. The zero-order valence-corrected chi connectivity index (χ0v) is 11.2. The van der Waals surface area contributed by atoms with Crippen LogP contribution in [0, 0.1) is 0 Å². The van der Waals surface area contributed by atoms with Crippen LogP contribution in [0.2, 0.25) is 0 Å². The first-order valence-corrected chi connectivity index (χ1v) is 7.16. The fourth-order valence-corrected chi connectivity index (χ4v) is 2.56. The van der Waals surface area contributed by atoms with Crippen LogP contribution in [-0.4, -0.2) is 18.9 Å². The first-order valence-electron chi connectivity index (χ1n) is 5.72. The van der Waals surface area contributed by atoms with Crippen molar-refractivity contribution in [2.75, 3.05) is 0 Å². The van der Waals surface area contributed by atoms with E-state index < -0.39 is 16.0 Å². The number of nitrogens with two attached hydrogens (primary N) is 1. The van der Waals surface area contributed by atoms with Crippen LogP contribution < -0.4 is 10.3 Å².